The average molecular weight is 386 g/mol. The summed E-state index contributed by atoms with van der Waals surface area (Å²) in [4.78, 5) is 26.0. The molecule has 2 rings (SSSR count). The van der Waals surface area contributed by atoms with E-state index < -0.39 is 0 Å². The van der Waals surface area contributed by atoms with Gasteiger partial charge in [-0.2, -0.15) is 0 Å². The molecule has 0 radical (unpaired) electrons. The van der Waals surface area contributed by atoms with Gasteiger partial charge >= 0.3 is 0 Å². The molecule has 1 fully saturated rings. The van der Waals surface area contributed by atoms with Gasteiger partial charge < -0.3 is 10.2 Å². The van der Waals surface area contributed by atoms with Gasteiger partial charge in [-0.25, -0.2) is 0 Å². The van der Waals surface area contributed by atoms with Gasteiger partial charge in [0.2, 0.25) is 5.91 Å². The number of carbonyl (C=O) groups is 2. The maximum absolute atomic E-state index is 12.1. The molecule has 1 aliphatic rings. The van der Waals surface area contributed by atoms with Crippen LogP contribution in [0.2, 0.25) is 0 Å². The van der Waals surface area contributed by atoms with Gasteiger partial charge in [0.15, 0.2) is 0 Å². The Balaban J connectivity index is 1.87. The van der Waals surface area contributed by atoms with Gasteiger partial charge in [0.1, 0.15) is 0 Å². The third-order valence-corrected chi connectivity index (χ3v) is 4.47. The average Bonchev–Trinajstić information content (AvgIpc) is 2.45. The highest BCUT2D eigenvalue weighted by molar-refractivity contribution is 14.1. The van der Waals surface area contributed by atoms with Crippen LogP contribution in [0, 0.1) is 9.49 Å². The highest BCUT2D eigenvalue weighted by Gasteiger charge is 2.21. The predicted molar refractivity (Wildman–Crippen MR) is 86.5 cm³/mol. The number of piperidine rings is 1. The van der Waals surface area contributed by atoms with Gasteiger partial charge in [-0.3, -0.25) is 9.59 Å². The number of nitrogens with one attached hydrogen (secondary N) is 1. The Hall–Kier alpha value is -1.11. The molecule has 1 atom stereocenters. The summed E-state index contributed by atoms with van der Waals surface area (Å²) >= 11 is 2.12. The molecular weight excluding hydrogens is 367 g/mol. The van der Waals surface area contributed by atoms with Crippen molar-refractivity contribution >= 4 is 34.4 Å². The number of nitrogens with zero attached hydrogens (tertiary/aromatic N) is 1. The van der Waals surface area contributed by atoms with E-state index in [0.717, 1.165) is 23.1 Å². The summed E-state index contributed by atoms with van der Waals surface area (Å²) in [6.45, 7) is 3.85. The summed E-state index contributed by atoms with van der Waals surface area (Å²) in [6.07, 6.45) is 2.23. The summed E-state index contributed by atoms with van der Waals surface area (Å²) in [5.74, 6) is 0.378. The van der Waals surface area contributed by atoms with Crippen LogP contribution >= 0.6 is 22.6 Å². The van der Waals surface area contributed by atoms with Crippen molar-refractivity contribution in [2.24, 2.45) is 5.92 Å². The quantitative estimate of drug-likeness (QED) is 0.811. The molecule has 108 valence electrons. The second-order valence-corrected chi connectivity index (χ2v) is 6.41. The van der Waals surface area contributed by atoms with E-state index in [1.165, 1.54) is 6.42 Å². The topological polar surface area (TPSA) is 49.4 Å². The van der Waals surface area contributed by atoms with Crippen LogP contribution in [0.3, 0.4) is 0 Å². The van der Waals surface area contributed by atoms with Crippen molar-refractivity contribution in [2.45, 2.75) is 19.8 Å². The van der Waals surface area contributed by atoms with Crippen molar-refractivity contribution in [3.63, 3.8) is 0 Å². The summed E-state index contributed by atoms with van der Waals surface area (Å²) in [5, 5.41) is 2.72. The Morgan fingerprint density at radius 2 is 2.15 bits per heavy atom. The molecule has 0 bridgehead atoms. The van der Waals surface area contributed by atoms with Gasteiger partial charge in [0.05, 0.1) is 12.1 Å². The van der Waals surface area contributed by atoms with Crippen molar-refractivity contribution < 1.29 is 9.59 Å². The minimum atomic E-state index is -0.187. The van der Waals surface area contributed by atoms with E-state index in [1.54, 1.807) is 6.07 Å². The molecule has 2 amide bonds. The van der Waals surface area contributed by atoms with Gasteiger partial charge in [-0.05, 0) is 53.5 Å². The first kappa shape index (κ1) is 15.3. The molecule has 1 aliphatic heterocycles. The van der Waals surface area contributed by atoms with Gasteiger partial charge in [0.25, 0.3) is 5.91 Å². The maximum atomic E-state index is 12.1. The number of halogens is 1. The SMILES string of the molecule is C[C@H]1CCCN(C(=O)CNC(=O)c2ccccc2I)C1. The molecule has 0 unspecified atom stereocenters. The zero-order valence-corrected chi connectivity index (χ0v) is 13.7. The second kappa shape index (κ2) is 7.06. The zero-order chi connectivity index (χ0) is 14.5. The van der Waals surface area contributed by atoms with Crippen LogP contribution in [-0.2, 0) is 4.79 Å². The van der Waals surface area contributed by atoms with E-state index in [1.807, 2.05) is 23.1 Å². The number of rotatable bonds is 3. The third kappa shape index (κ3) is 3.94. The lowest BCUT2D eigenvalue weighted by Gasteiger charge is -2.31. The minimum absolute atomic E-state index is 0.0100. The van der Waals surface area contributed by atoms with E-state index in [4.69, 9.17) is 0 Å². The van der Waals surface area contributed by atoms with Crippen molar-refractivity contribution in [3.8, 4) is 0 Å². The Morgan fingerprint density at radius 3 is 2.85 bits per heavy atom. The lowest BCUT2D eigenvalue weighted by atomic mass is 10.0. The smallest absolute Gasteiger partial charge is 0.252 e. The van der Waals surface area contributed by atoms with Crippen molar-refractivity contribution in [2.75, 3.05) is 19.6 Å². The lowest BCUT2D eigenvalue weighted by Crippen LogP contribution is -2.44. The van der Waals surface area contributed by atoms with Crippen LogP contribution in [0.15, 0.2) is 24.3 Å². The lowest BCUT2D eigenvalue weighted by molar-refractivity contribution is -0.131. The van der Waals surface area contributed by atoms with Gasteiger partial charge in [0, 0.05) is 16.7 Å². The fraction of sp³-hybridized carbons (Fsp3) is 0.467. The fourth-order valence-corrected chi connectivity index (χ4v) is 3.06. The molecule has 0 spiro atoms. The number of hydrogen-bond acceptors (Lipinski definition) is 2. The largest absolute Gasteiger partial charge is 0.343 e. The van der Waals surface area contributed by atoms with E-state index in [-0.39, 0.29) is 18.4 Å². The summed E-state index contributed by atoms with van der Waals surface area (Å²) in [7, 11) is 0. The maximum Gasteiger partial charge on any atom is 0.252 e. The van der Waals surface area contributed by atoms with E-state index in [2.05, 4.69) is 34.8 Å². The molecule has 0 aliphatic carbocycles. The van der Waals surface area contributed by atoms with Gasteiger partial charge in [-0.1, -0.05) is 19.1 Å². The standard InChI is InChI=1S/C15H19IN2O2/c1-11-5-4-8-18(10-11)14(19)9-17-15(20)12-6-2-3-7-13(12)16/h2-3,6-7,11H,4-5,8-10H2,1H3,(H,17,20)/t11-/m0/s1. The molecule has 1 aromatic carbocycles. The summed E-state index contributed by atoms with van der Waals surface area (Å²) in [6, 6.07) is 7.36. The van der Waals surface area contributed by atoms with E-state index in [9.17, 15) is 9.59 Å². The zero-order valence-electron chi connectivity index (χ0n) is 11.6. The van der Waals surface area contributed by atoms with Crippen molar-refractivity contribution in [3.05, 3.63) is 33.4 Å². The first-order valence-electron chi connectivity index (χ1n) is 6.88. The summed E-state index contributed by atoms with van der Waals surface area (Å²) < 4.78 is 0.890. The van der Waals surface area contributed by atoms with Crippen molar-refractivity contribution in [1.82, 2.24) is 10.2 Å². The first-order chi connectivity index (χ1) is 9.58. The molecule has 5 heteroatoms. The number of likely N-dealkylation sites (tertiary alicyclic amines) is 1. The molecule has 4 nitrogen and oxygen atoms in total. The number of amides is 2. The van der Waals surface area contributed by atoms with Crippen molar-refractivity contribution in [1.29, 1.82) is 0 Å². The molecule has 1 N–H and O–H groups in total. The predicted octanol–water partition coefficient (Wildman–Crippen LogP) is 2.28. The number of carbonyl (C=O) groups excluding carboxylic acids is 2. The van der Waals surface area contributed by atoms with Crippen LogP contribution < -0.4 is 5.32 Å². The number of hydrogen-bond donors (Lipinski definition) is 1. The Bertz CT molecular complexity index is 504. The van der Waals surface area contributed by atoms with Crippen LogP contribution in [0.5, 0.6) is 0 Å². The Kier molecular flexibility index (Phi) is 5.39. The van der Waals surface area contributed by atoms with Crippen LogP contribution in [0.1, 0.15) is 30.1 Å². The normalized spacial score (nSPS) is 18.7. The van der Waals surface area contributed by atoms with Gasteiger partial charge in [-0.15, -0.1) is 0 Å². The monoisotopic (exact) mass is 386 g/mol. The van der Waals surface area contributed by atoms with Crippen LogP contribution in [0.4, 0.5) is 0 Å². The molecule has 1 heterocycles. The Labute approximate surface area is 133 Å². The molecule has 1 saturated heterocycles. The molecule has 0 aromatic heterocycles. The fourth-order valence-electron chi connectivity index (χ4n) is 2.42. The summed E-state index contributed by atoms with van der Waals surface area (Å²) in [5.41, 5.74) is 0.618. The van der Waals surface area contributed by atoms with Crippen LogP contribution in [-0.4, -0.2) is 36.3 Å². The highest BCUT2D eigenvalue weighted by Crippen LogP contribution is 2.15. The van der Waals surface area contributed by atoms with E-state index >= 15 is 0 Å². The molecule has 1 aromatic rings. The third-order valence-electron chi connectivity index (χ3n) is 3.53. The first-order valence-corrected chi connectivity index (χ1v) is 7.96. The second-order valence-electron chi connectivity index (χ2n) is 5.25. The highest BCUT2D eigenvalue weighted by atomic mass is 127. The molecule has 0 saturated carbocycles. The van der Waals surface area contributed by atoms with Crippen LogP contribution in [0.25, 0.3) is 0 Å². The van der Waals surface area contributed by atoms with E-state index in [0.29, 0.717) is 11.5 Å². The molecule has 20 heavy (non-hydrogen) atoms. The Morgan fingerprint density at radius 1 is 1.40 bits per heavy atom. The number of benzene rings is 1. The molecular formula is C15H19IN2O2. The minimum Gasteiger partial charge on any atom is -0.343 e.